The lowest BCUT2D eigenvalue weighted by atomic mass is 10.0. The van der Waals surface area contributed by atoms with Crippen molar-refractivity contribution in [1.82, 2.24) is 10.2 Å². The van der Waals surface area contributed by atoms with Crippen molar-refractivity contribution in [3.8, 4) is 5.75 Å². The Morgan fingerprint density at radius 3 is 2.42 bits per heavy atom. The molecule has 0 aliphatic rings. The van der Waals surface area contributed by atoms with Crippen molar-refractivity contribution in [2.45, 2.75) is 6.04 Å². The molecule has 0 fully saturated rings. The van der Waals surface area contributed by atoms with Crippen molar-refractivity contribution in [2.75, 3.05) is 33.1 Å². The molecule has 8 heteroatoms. The summed E-state index contributed by atoms with van der Waals surface area (Å²) in [5.41, 5.74) is 1.42. The van der Waals surface area contributed by atoms with E-state index in [1.165, 1.54) is 24.3 Å². The Morgan fingerprint density at radius 2 is 1.85 bits per heavy atom. The molecule has 26 heavy (non-hydrogen) atoms. The zero-order valence-corrected chi connectivity index (χ0v) is 14.9. The Bertz CT molecular complexity index is 762. The molecule has 0 bridgehead atoms. The number of anilines is 1. The van der Waals surface area contributed by atoms with Crippen LogP contribution in [0.4, 0.5) is 16.2 Å². The van der Waals surface area contributed by atoms with Crippen LogP contribution in [0.5, 0.6) is 5.75 Å². The number of methoxy groups -OCH3 is 1. The first-order valence-corrected chi connectivity index (χ1v) is 8.01. The van der Waals surface area contributed by atoms with E-state index in [2.05, 4.69) is 10.6 Å². The number of carbonyl (C=O) groups is 1. The second-order valence-corrected chi connectivity index (χ2v) is 5.86. The Kier molecular flexibility index (Phi) is 6.51. The number of nitrogens with zero attached hydrogens (tertiary/aromatic N) is 2. The third kappa shape index (κ3) is 4.93. The monoisotopic (exact) mass is 358 g/mol. The van der Waals surface area contributed by atoms with Gasteiger partial charge in [-0.05, 0) is 32.3 Å². The number of hydrogen-bond donors (Lipinski definition) is 2. The van der Waals surface area contributed by atoms with Gasteiger partial charge in [-0.25, -0.2) is 4.79 Å². The minimum Gasteiger partial charge on any atom is -0.496 e. The lowest BCUT2D eigenvalue weighted by Crippen LogP contribution is -2.37. The van der Waals surface area contributed by atoms with Crippen molar-refractivity contribution in [2.24, 2.45) is 0 Å². The topological polar surface area (TPSA) is 96.7 Å². The Labute approximate surface area is 151 Å². The molecule has 0 radical (unpaired) electrons. The molecular formula is C18H22N4O4. The van der Waals surface area contributed by atoms with E-state index >= 15 is 0 Å². The summed E-state index contributed by atoms with van der Waals surface area (Å²) in [4.78, 5) is 24.3. The maximum Gasteiger partial charge on any atom is 0.319 e. The normalized spacial score (nSPS) is 11.7. The zero-order valence-electron chi connectivity index (χ0n) is 14.9. The van der Waals surface area contributed by atoms with E-state index in [0.29, 0.717) is 12.2 Å². The van der Waals surface area contributed by atoms with E-state index in [-0.39, 0.29) is 17.8 Å². The fourth-order valence-electron chi connectivity index (χ4n) is 2.54. The molecule has 1 atom stereocenters. The fourth-order valence-corrected chi connectivity index (χ4v) is 2.54. The minimum absolute atomic E-state index is 0.0280. The van der Waals surface area contributed by atoms with Crippen LogP contribution < -0.4 is 15.4 Å². The van der Waals surface area contributed by atoms with Crippen LogP contribution in [0.25, 0.3) is 0 Å². The number of nitrogens with one attached hydrogen (secondary N) is 2. The molecule has 0 heterocycles. The zero-order chi connectivity index (χ0) is 19.1. The molecule has 0 aliphatic carbocycles. The summed E-state index contributed by atoms with van der Waals surface area (Å²) in [6.07, 6.45) is 0. The van der Waals surface area contributed by atoms with Gasteiger partial charge in [0.25, 0.3) is 5.69 Å². The van der Waals surface area contributed by atoms with Crippen molar-refractivity contribution >= 4 is 17.4 Å². The highest BCUT2D eigenvalue weighted by Crippen LogP contribution is 2.27. The van der Waals surface area contributed by atoms with E-state index < -0.39 is 4.92 Å². The number of carbonyl (C=O) groups excluding carboxylic acids is 1. The standard InChI is InChI=1S/C18H22N4O4/c1-21(2)16(15-6-4-5-7-17(15)26-3)12-19-18(23)20-13-8-10-14(11-9-13)22(24)25/h4-11,16H,12H2,1-3H3,(H2,19,20,23). The first-order valence-electron chi connectivity index (χ1n) is 8.01. The van der Waals surface area contributed by atoms with E-state index in [1.807, 2.05) is 43.3 Å². The number of hydrogen-bond acceptors (Lipinski definition) is 5. The number of nitro benzene ring substituents is 1. The van der Waals surface area contributed by atoms with Gasteiger partial charge in [0.2, 0.25) is 0 Å². The molecule has 1 unspecified atom stereocenters. The predicted octanol–water partition coefficient (Wildman–Crippen LogP) is 3.03. The fraction of sp³-hybridized carbons (Fsp3) is 0.278. The highest BCUT2D eigenvalue weighted by atomic mass is 16.6. The molecule has 0 aromatic heterocycles. The van der Waals surface area contributed by atoms with Crippen LogP contribution in [-0.4, -0.2) is 43.6 Å². The Balaban J connectivity index is 2.00. The number of amides is 2. The molecule has 2 aromatic carbocycles. The first-order chi connectivity index (χ1) is 12.4. The predicted molar refractivity (Wildman–Crippen MR) is 99.5 cm³/mol. The van der Waals surface area contributed by atoms with Gasteiger partial charge in [-0.15, -0.1) is 0 Å². The molecule has 2 amide bonds. The lowest BCUT2D eigenvalue weighted by Gasteiger charge is -2.26. The maximum atomic E-state index is 12.1. The molecule has 0 saturated carbocycles. The SMILES string of the molecule is COc1ccccc1C(CNC(=O)Nc1ccc([N+](=O)[O-])cc1)N(C)C. The van der Waals surface area contributed by atoms with Crippen molar-refractivity contribution < 1.29 is 14.5 Å². The third-order valence-corrected chi connectivity index (χ3v) is 3.91. The van der Waals surface area contributed by atoms with Gasteiger partial charge in [-0.2, -0.15) is 0 Å². The number of para-hydroxylation sites is 1. The average molecular weight is 358 g/mol. The van der Waals surface area contributed by atoms with Crippen LogP contribution in [0.15, 0.2) is 48.5 Å². The Hall–Kier alpha value is -3.13. The lowest BCUT2D eigenvalue weighted by molar-refractivity contribution is -0.384. The quantitative estimate of drug-likeness (QED) is 0.586. The third-order valence-electron chi connectivity index (χ3n) is 3.91. The van der Waals surface area contributed by atoms with Gasteiger partial charge in [0, 0.05) is 29.9 Å². The van der Waals surface area contributed by atoms with Gasteiger partial charge < -0.3 is 20.3 Å². The molecule has 0 saturated heterocycles. The number of urea groups is 1. The number of non-ortho nitro benzene ring substituents is 1. The minimum atomic E-state index is -0.487. The molecule has 2 aromatic rings. The summed E-state index contributed by atoms with van der Waals surface area (Å²) >= 11 is 0. The van der Waals surface area contributed by atoms with Gasteiger partial charge in [0.15, 0.2) is 0 Å². The summed E-state index contributed by atoms with van der Waals surface area (Å²) in [5.74, 6) is 0.753. The second kappa shape index (κ2) is 8.82. The Morgan fingerprint density at radius 1 is 1.19 bits per heavy atom. The second-order valence-electron chi connectivity index (χ2n) is 5.86. The molecule has 138 valence electrons. The van der Waals surface area contributed by atoms with Crippen LogP contribution in [0.1, 0.15) is 11.6 Å². The van der Waals surface area contributed by atoms with Crippen LogP contribution in [0.2, 0.25) is 0 Å². The smallest absolute Gasteiger partial charge is 0.319 e. The van der Waals surface area contributed by atoms with Gasteiger partial charge in [0.05, 0.1) is 18.1 Å². The first kappa shape index (κ1) is 19.2. The molecule has 8 nitrogen and oxygen atoms in total. The van der Waals surface area contributed by atoms with E-state index in [4.69, 9.17) is 4.74 Å². The largest absolute Gasteiger partial charge is 0.496 e. The summed E-state index contributed by atoms with van der Waals surface area (Å²) in [5, 5.41) is 16.1. The summed E-state index contributed by atoms with van der Waals surface area (Å²) in [7, 11) is 5.46. The number of rotatable bonds is 7. The highest BCUT2D eigenvalue weighted by Gasteiger charge is 2.19. The van der Waals surface area contributed by atoms with Crippen molar-refractivity contribution in [3.05, 3.63) is 64.2 Å². The van der Waals surface area contributed by atoms with Crippen LogP contribution >= 0.6 is 0 Å². The number of likely N-dealkylation sites (N-methyl/N-ethyl adjacent to an activating group) is 1. The summed E-state index contributed by atoms with van der Waals surface area (Å²) < 4.78 is 5.40. The van der Waals surface area contributed by atoms with E-state index in [0.717, 1.165) is 11.3 Å². The van der Waals surface area contributed by atoms with Gasteiger partial charge in [-0.1, -0.05) is 18.2 Å². The summed E-state index contributed by atoms with van der Waals surface area (Å²) in [6.45, 7) is 0.367. The van der Waals surface area contributed by atoms with Crippen molar-refractivity contribution in [1.29, 1.82) is 0 Å². The highest BCUT2D eigenvalue weighted by molar-refractivity contribution is 5.89. The molecule has 2 rings (SSSR count). The van der Waals surface area contributed by atoms with Crippen LogP contribution in [0, 0.1) is 10.1 Å². The van der Waals surface area contributed by atoms with E-state index in [9.17, 15) is 14.9 Å². The average Bonchev–Trinajstić information content (AvgIpc) is 2.62. The molecule has 0 aliphatic heterocycles. The number of ether oxygens (including phenoxy) is 1. The molecule has 2 N–H and O–H groups in total. The van der Waals surface area contributed by atoms with E-state index in [1.54, 1.807) is 7.11 Å². The number of benzene rings is 2. The van der Waals surface area contributed by atoms with Gasteiger partial charge in [0.1, 0.15) is 5.75 Å². The van der Waals surface area contributed by atoms with Crippen molar-refractivity contribution in [3.63, 3.8) is 0 Å². The summed E-state index contributed by atoms with van der Waals surface area (Å²) in [6, 6.07) is 12.8. The molecular weight excluding hydrogens is 336 g/mol. The maximum absolute atomic E-state index is 12.1. The van der Waals surface area contributed by atoms with Gasteiger partial charge in [-0.3, -0.25) is 10.1 Å². The van der Waals surface area contributed by atoms with Crippen LogP contribution in [0.3, 0.4) is 0 Å². The van der Waals surface area contributed by atoms with Crippen LogP contribution in [-0.2, 0) is 0 Å². The molecule has 0 spiro atoms. The number of nitro groups is 1. The van der Waals surface area contributed by atoms with Gasteiger partial charge >= 0.3 is 6.03 Å².